The molecule has 0 atom stereocenters. The van der Waals surface area contributed by atoms with Crippen LogP contribution in [0.15, 0.2) is 48.9 Å². The summed E-state index contributed by atoms with van der Waals surface area (Å²) in [4.78, 5) is 15.1. The third-order valence-electron chi connectivity index (χ3n) is 8.99. The van der Waals surface area contributed by atoms with Crippen molar-refractivity contribution in [3.8, 4) is 0 Å². The lowest BCUT2D eigenvalue weighted by Gasteiger charge is -2.44. The van der Waals surface area contributed by atoms with Crippen molar-refractivity contribution in [3.05, 3.63) is 177 Å². The molecule has 0 saturated carbocycles. The Morgan fingerprint density at radius 1 is 0.443 bits per heavy atom. The lowest BCUT2D eigenvalue weighted by Crippen LogP contribution is -2.81. The number of carbonyl (C=O) groups excluding carboxylic acids is 1. The summed E-state index contributed by atoms with van der Waals surface area (Å²) in [7, 11) is 0. The summed E-state index contributed by atoms with van der Waals surface area (Å²) in [5.41, 5.74) is -7.54. The minimum Gasteiger partial charge on any atom is -0.360 e. The Kier molecular flexibility index (Phi) is 12.5. The maximum atomic E-state index is 15.4. The maximum Gasteiger partial charge on any atom is 0.315 e. The Morgan fingerprint density at radius 3 is 0.967 bits per heavy atom. The molecule has 1 heterocycles. The summed E-state index contributed by atoms with van der Waals surface area (Å²) in [5, 5.41) is 0. The van der Waals surface area contributed by atoms with Crippen LogP contribution in [0.2, 0.25) is 0 Å². The highest BCUT2D eigenvalue weighted by Gasteiger charge is 2.52. The van der Waals surface area contributed by atoms with Gasteiger partial charge in [0.1, 0.15) is 58.9 Å². The number of benzene rings is 5. The van der Waals surface area contributed by atoms with Crippen LogP contribution in [-0.2, 0) is 6.54 Å². The number of hydrogen-bond acceptors (Lipinski definition) is 2. The largest absolute Gasteiger partial charge is 0.360 e. The number of carbonyl (C=O) groups is 1. The molecule has 0 saturated heterocycles. The molecule has 0 radical (unpaired) electrons. The van der Waals surface area contributed by atoms with E-state index in [1.54, 1.807) is 17.0 Å². The number of amides is 1. The van der Waals surface area contributed by atoms with E-state index in [0.717, 1.165) is 5.56 Å². The van der Waals surface area contributed by atoms with Crippen LogP contribution in [0.5, 0.6) is 0 Å². The molecule has 1 aromatic heterocycles. The van der Waals surface area contributed by atoms with E-state index in [4.69, 9.17) is 5.73 Å². The van der Waals surface area contributed by atoms with Gasteiger partial charge in [0, 0.05) is 5.56 Å². The van der Waals surface area contributed by atoms with Gasteiger partial charge in [-0.1, -0.05) is 30.3 Å². The van der Waals surface area contributed by atoms with Gasteiger partial charge in [0.15, 0.2) is 82.5 Å². The van der Waals surface area contributed by atoms with E-state index in [9.17, 15) is 57.5 Å². The van der Waals surface area contributed by atoms with Gasteiger partial charge in [-0.2, -0.15) is 4.57 Å². The first-order chi connectivity index (χ1) is 28.5. The van der Waals surface area contributed by atoms with E-state index in [-0.39, 0.29) is 0 Å². The predicted molar refractivity (Wildman–Crippen MR) is 168 cm³/mol. The fourth-order valence-corrected chi connectivity index (χ4v) is 6.38. The van der Waals surface area contributed by atoms with Crippen LogP contribution in [0.3, 0.4) is 0 Å². The van der Waals surface area contributed by atoms with Crippen molar-refractivity contribution in [2.75, 3.05) is 0 Å². The van der Waals surface area contributed by atoms with Crippen molar-refractivity contribution < 1.29 is 97.2 Å². The molecule has 5 aromatic carbocycles. The van der Waals surface area contributed by atoms with Gasteiger partial charge in [0.05, 0.1) is 6.20 Å². The first-order valence-corrected chi connectivity index (χ1v) is 15.9. The second-order valence-corrected chi connectivity index (χ2v) is 12.2. The van der Waals surface area contributed by atoms with E-state index in [2.05, 4.69) is 4.98 Å². The van der Waals surface area contributed by atoms with Crippen LogP contribution >= 0.6 is 0 Å². The van der Waals surface area contributed by atoms with E-state index >= 15 is 35.1 Å². The van der Waals surface area contributed by atoms with Crippen molar-refractivity contribution in [2.24, 2.45) is 5.73 Å². The Hall–Kier alpha value is -6.69. The van der Waals surface area contributed by atoms with Crippen LogP contribution in [-0.4, -0.2) is 17.0 Å². The van der Waals surface area contributed by atoms with Gasteiger partial charge in [-0.15, -0.1) is 21.9 Å². The Bertz CT molecular complexity index is 2390. The Labute approximate surface area is 325 Å². The predicted octanol–water partition coefficient (Wildman–Crippen LogP) is 6.36. The molecule has 6 rings (SSSR count). The minimum absolute atomic E-state index is 0.409. The van der Waals surface area contributed by atoms with Crippen LogP contribution < -0.4 is 32.2 Å². The summed E-state index contributed by atoms with van der Waals surface area (Å²) >= 11 is 0. The number of rotatable bonds is 7. The number of primary amides is 1. The Morgan fingerprint density at radius 2 is 0.705 bits per heavy atom. The fourth-order valence-electron chi connectivity index (χ4n) is 6.38. The van der Waals surface area contributed by atoms with Crippen molar-refractivity contribution in [1.82, 2.24) is 4.98 Å². The quantitative estimate of drug-likeness (QED) is 0.0668. The highest BCUT2D eigenvalue weighted by Crippen LogP contribution is 2.30. The first-order valence-electron chi connectivity index (χ1n) is 15.9. The van der Waals surface area contributed by atoms with Crippen LogP contribution in [0, 0.1) is 116 Å². The second-order valence-electron chi connectivity index (χ2n) is 12.2. The number of hydrogen-bond donors (Lipinski definition) is 1. The third kappa shape index (κ3) is 7.13. The smallest absolute Gasteiger partial charge is 0.315 e. The lowest BCUT2D eigenvalue weighted by atomic mass is 9.12. The molecular formula is C36H12BF20N3O. The second kappa shape index (κ2) is 16.8. The molecular weight excluding hydrogens is 881 g/mol. The highest BCUT2D eigenvalue weighted by molar-refractivity contribution is 7.20. The van der Waals surface area contributed by atoms with Gasteiger partial charge in [0.25, 0.3) is 5.69 Å². The first kappa shape index (κ1) is 45.4. The maximum absolute atomic E-state index is 15.4. The molecule has 25 heteroatoms. The molecule has 2 N–H and O–H groups in total. The summed E-state index contributed by atoms with van der Waals surface area (Å²) in [6.45, 7) is 0.613. The van der Waals surface area contributed by atoms with Crippen molar-refractivity contribution >= 4 is 33.9 Å². The summed E-state index contributed by atoms with van der Waals surface area (Å²) in [6, 6.07) is 9.87. The molecule has 0 fully saturated rings. The minimum atomic E-state index is -7.22. The van der Waals surface area contributed by atoms with E-state index in [1.165, 1.54) is 6.20 Å². The molecule has 320 valence electrons. The van der Waals surface area contributed by atoms with Crippen molar-refractivity contribution in [3.63, 3.8) is 0 Å². The number of nitrogens with two attached hydrogens (primary N) is 1. The van der Waals surface area contributed by atoms with Gasteiger partial charge in [-0.25, -0.2) is 87.8 Å². The lowest BCUT2D eigenvalue weighted by molar-refractivity contribution is -0.690. The van der Waals surface area contributed by atoms with Gasteiger partial charge in [0.2, 0.25) is 0 Å². The molecule has 0 aliphatic carbocycles. The van der Waals surface area contributed by atoms with Crippen molar-refractivity contribution in [2.45, 2.75) is 6.54 Å². The molecule has 61 heavy (non-hydrogen) atoms. The third-order valence-corrected chi connectivity index (χ3v) is 8.99. The van der Waals surface area contributed by atoms with E-state index < -0.39 is 150 Å². The zero-order valence-corrected chi connectivity index (χ0v) is 28.8. The SMILES string of the molecule is Fc1c(F)c(F)c([B-](c2c(F)c(F)c(F)c(F)c2F)(c2c(F)c(F)c(F)c(F)c2F)c2c(F)c(F)c(F)c(F)c2F)c(F)c1F.NC(=O)c1cncc[n+]1Cc1ccccc1. The topological polar surface area (TPSA) is 59.9 Å². The molecule has 0 spiro atoms. The summed E-state index contributed by atoms with van der Waals surface area (Å²) in [6.07, 6.45) is -2.36. The van der Waals surface area contributed by atoms with Gasteiger partial charge < -0.3 is 5.73 Å². The van der Waals surface area contributed by atoms with Crippen LogP contribution in [0.25, 0.3) is 0 Å². The molecule has 0 aliphatic heterocycles. The normalized spacial score (nSPS) is 11.5. The summed E-state index contributed by atoms with van der Waals surface area (Å²) in [5.74, 6) is -71.9. The average molecular weight is 893 g/mol. The molecule has 0 bridgehead atoms. The van der Waals surface area contributed by atoms with Crippen molar-refractivity contribution in [1.29, 1.82) is 0 Å². The fraction of sp³-hybridized carbons (Fsp3) is 0.0278. The zero-order chi connectivity index (χ0) is 45.7. The molecule has 4 nitrogen and oxygen atoms in total. The van der Waals surface area contributed by atoms with Gasteiger partial charge in [-0.05, 0) is 0 Å². The molecule has 0 aliphatic rings. The zero-order valence-electron chi connectivity index (χ0n) is 28.8. The van der Waals surface area contributed by atoms with Crippen LogP contribution in [0.1, 0.15) is 16.1 Å². The van der Waals surface area contributed by atoms with Crippen LogP contribution in [0.4, 0.5) is 87.8 Å². The standard InChI is InChI=1S/C24BF20.C12H11N3O/c26-5-1(6(27)14(35)21(42)13(5)34)25(2-7(28)15(36)22(43)16(37)8(2)29,3-9(30)17(38)23(44)18(39)10(3)31)4-11(32)19(40)24(45)20(41)12(4)33;13-12(16)11-8-14-6-7-15(11)9-10-4-2-1-3-5-10/h;1-8H,9H2,(H-,13,16)/q-1;/p+1. The monoisotopic (exact) mass is 893 g/mol. The van der Waals surface area contributed by atoms with E-state index in [0.29, 0.717) is 12.2 Å². The van der Waals surface area contributed by atoms with Gasteiger partial charge in [-0.3, -0.25) is 9.78 Å². The average Bonchev–Trinajstić information content (AvgIpc) is 3.24. The van der Waals surface area contributed by atoms with Gasteiger partial charge >= 0.3 is 5.91 Å². The number of nitrogens with zero attached hydrogens (tertiary/aromatic N) is 2. The molecule has 6 aromatic rings. The summed E-state index contributed by atoms with van der Waals surface area (Å²) < 4.78 is 296. The molecule has 0 unspecified atom stereocenters. The highest BCUT2D eigenvalue weighted by atomic mass is 19.2. The number of halogens is 20. The molecule has 1 amide bonds. The Balaban J connectivity index is 0.000000366. The number of aromatic nitrogens is 2. The van der Waals surface area contributed by atoms with E-state index in [1.807, 2.05) is 30.3 Å².